The number of nitrogens with one attached hydrogen (secondary N) is 1. The Morgan fingerprint density at radius 3 is 2.67 bits per heavy atom. The van der Waals surface area contributed by atoms with Crippen LogP contribution in [0.15, 0.2) is 12.1 Å². The molecule has 1 fully saturated rings. The van der Waals surface area contributed by atoms with E-state index in [9.17, 15) is 14.5 Å². The molecule has 0 heterocycles. The van der Waals surface area contributed by atoms with Crippen molar-refractivity contribution in [2.75, 3.05) is 19.0 Å². The van der Waals surface area contributed by atoms with Gasteiger partial charge in [0.25, 0.3) is 0 Å². The summed E-state index contributed by atoms with van der Waals surface area (Å²) in [5.74, 6) is -0.652. The smallest absolute Gasteiger partial charge is 0.313 e. The highest BCUT2D eigenvalue weighted by molar-refractivity contribution is 5.59. The molecule has 0 amide bonds. The number of nitrogens with two attached hydrogens (primary N) is 1. The molecular weight excluding hydrogens is 277 g/mol. The molecule has 6 nitrogen and oxygen atoms in total. The molecule has 0 aliphatic heterocycles. The van der Waals surface area contributed by atoms with Crippen LogP contribution in [0.3, 0.4) is 0 Å². The molecule has 21 heavy (non-hydrogen) atoms. The van der Waals surface area contributed by atoms with E-state index < -0.39 is 10.7 Å². The first-order valence-electron chi connectivity index (χ1n) is 7.00. The van der Waals surface area contributed by atoms with E-state index in [1.54, 1.807) is 0 Å². The maximum absolute atomic E-state index is 13.9. The van der Waals surface area contributed by atoms with Crippen LogP contribution in [0.25, 0.3) is 0 Å². The van der Waals surface area contributed by atoms with E-state index in [0.717, 1.165) is 31.7 Å². The minimum Gasteiger partial charge on any atom is -0.490 e. The highest BCUT2D eigenvalue weighted by Crippen LogP contribution is 2.33. The van der Waals surface area contributed by atoms with Crippen LogP contribution in [0.4, 0.5) is 15.8 Å². The van der Waals surface area contributed by atoms with Crippen LogP contribution in [-0.4, -0.2) is 24.1 Å². The molecule has 0 radical (unpaired) electrons. The first-order valence-corrected chi connectivity index (χ1v) is 7.00. The average molecular weight is 297 g/mol. The van der Waals surface area contributed by atoms with Gasteiger partial charge in [0, 0.05) is 18.2 Å². The number of halogens is 1. The first-order chi connectivity index (χ1) is 9.95. The van der Waals surface area contributed by atoms with Crippen molar-refractivity contribution in [3.05, 3.63) is 28.1 Å². The molecule has 1 aliphatic carbocycles. The van der Waals surface area contributed by atoms with E-state index in [0.29, 0.717) is 6.54 Å². The van der Waals surface area contributed by atoms with Crippen molar-refractivity contribution >= 4 is 11.4 Å². The molecule has 3 N–H and O–H groups in total. The predicted octanol–water partition coefficient (Wildman–Crippen LogP) is 2.82. The summed E-state index contributed by atoms with van der Waals surface area (Å²) < 4.78 is 18.9. The SMILES string of the molecule is COc1cc(NCC2(N)CCCCC2)c(F)cc1[N+](=O)[O-]. The molecule has 1 aromatic carbocycles. The van der Waals surface area contributed by atoms with Gasteiger partial charge in [-0.3, -0.25) is 10.1 Å². The maximum Gasteiger partial charge on any atom is 0.313 e. The second-order valence-corrected chi connectivity index (χ2v) is 5.54. The molecule has 2 rings (SSSR count). The molecule has 1 saturated carbocycles. The van der Waals surface area contributed by atoms with Crippen LogP contribution in [0.2, 0.25) is 0 Å². The standard InChI is InChI=1S/C14H20FN3O3/c1-21-13-8-11(10(15)7-12(13)18(19)20)17-9-14(16)5-3-2-4-6-14/h7-8,17H,2-6,9,16H2,1H3. The number of nitro benzene ring substituents is 1. The van der Waals surface area contributed by atoms with Gasteiger partial charge in [-0.05, 0) is 12.8 Å². The normalized spacial score (nSPS) is 17.3. The number of hydrogen-bond acceptors (Lipinski definition) is 5. The third kappa shape index (κ3) is 3.60. The van der Waals surface area contributed by atoms with Crippen LogP contribution in [-0.2, 0) is 0 Å². The molecule has 0 spiro atoms. The minimum absolute atomic E-state index is 0.0265. The Morgan fingerprint density at radius 1 is 1.43 bits per heavy atom. The quantitative estimate of drug-likeness (QED) is 0.644. The number of methoxy groups -OCH3 is 1. The van der Waals surface area contributed by atoms with Gasteiger partial charge in [-0.2, -0.15) is 0 Å². The second kappa shape index (κ2) is 6.26. The van der Waals surface area contributed by atoms with Crippen molar-refractivity contribution in [3.8, 4) is 5.75 Å². The van der Waals surface area contributed by atoms with E-state index in [4.69, 9.17) is 10.5 Å². The van der Waals surface area contributed by atoms with Crippen molar-refractivity contribution in [1.29, 1.82) is 0 Å². The monoisotopic (exact) mass is 297 g/mol. The number of rotatable bonds is 5. The van der Waals surface area contributed by atoms with Gasteiger partial charge in [-0.25, -0.2) is 4.39 Å². The van der Waals surface area contributed by atoms with Crippen LogP contribution in [0.1, 0.15) is 32.1 Å². The molecule has 0 saturated heterocycles. The highest BCUT2D eigenvalue weighted by atomic mass is 19.1. The zero-order chi connectivity index (χ0) is 15.5. The van der Waals surface area contributed by atoms with Crippen LogP contribution in [0.5, 0.6) is 5.75 Å². The Hall–Kier alpha value is -1.89. The molecule has 0 aromatic heterocycles. The fraction of sp³-hybridized carbons (Fsp3) is 0.571. The third-order valence-corrected chi connectivity index (χ3v) is 3.95. The number of hydrogen-bond donors (Lipinski definition) is 2. The largest absolute Gasteiger partial charge is 0.490 e. The summed E-state index contributed by atoms with van der Waals surface area (Å²) in [5, 5.41) is 13.8. The summed E-state index contributed by atoms with van der Waals surface area (Å²) in [7, 11) is 1.32. The lowest BCUT2D eigenvalue weighted by molar-refractivity contribution is -0.385. The summed E-state index contributed by atoms with van der Waals surface area (Å²) in [5.41, 5.74) is 5.72. The summed E-state index contributed by atoms with van der Waals surface area (Å²) in [6.07, 6.45) is 5.12. The molecule has 1 aliphatic rings. The lowest BCUT2D eigenvalue weighted by atomic mass is 9.82. The van der Waals surface area contributed by atoms with Crippen LogP contribution >= 0.6 is 0 Å². The predicted molar refractivity (Wildman–Crippen MR) is 78.1 cm³/mol. The first kappa shape index (κ1) is 15.5. The third-order valence-electron chi connectivity index (χ3n) is 3.95. The van der Waals surface area contributed by atoms with E-state index in [1.807, 2.05) is 0 Å². The average Bonchev–Trinajstić information content (AvgIpc) is 2.46. The molecule has 0 bridgehead atoms. The highest BCUT2D eigenvalue weighted by Gasteiger charge is 2.28. The van der Waals surface area contributed by atoms with Crippen molar-refractivity contribution in [2.24, 2.45) is 5.73 Å². The summed E-state index contributed by atoms with van der Waals surface area (Å²) in [6, 6.07) is 2.17. The Balaban J connectivity index is 2.14. The second-order valence-electron chi connectivity index (χ2n) is 5.54. The fourth-order valence-corrected chi connectivity index (χ4v) is 2.69. The Kier molecular flexibility index (Phi) is 4.62. The zero-order valence-corrected chi connectivity index (χ0v) is 12.0. The van der Waals surface area contributed by atoms with Crippen LogP contribution in [0, 0.1) is 15.9 Å². The maximum atomic E-state index is 13.9. The van der Waals surface area contributed by atoms with E-state index in [1.165, 1.54) is 19.6 Å². The van der Waals surface area contributed by atoms with Gasteiger partial charge in [0.2, 0.25) is 0 Å². The van der Waals surface area contributed by atoms with Gasteiger partial charge in [0.15, 0.2) is 11.6 Å². The zero-order valence-electron chi connectivity index (χ0n) is 12.0. The minimum atomic E-state index is -0.679. The number of nitro groups is 1. The summed E-state index contributed by atoms with van der Waals surface area (Å²) >= 11 is 0. The van der Waals surface area contributed by atoms with Gasteiger partial charge < -0.3 is 15.8 Å². The Labute approximate surface area is 122 Å². The summed E-state index contributed by atoms with van der Waals surface area (Å²) in [4.78, 5) is 10.1. The van der Waals surface area contributed by atoms with Crippen LogP contribution < -0.4 is 15.8 Å². The van der Waals surface area contributed by atoms with Crippen molar-refractivity contribution < 1.29 is 14.1 Å². The van der Waals surface area contributed by atoms with Gasteiger partial charge in [-0.1, -0.05) is 19.3 Å². The summed E-state index contributed by atoms with van der Waals surface area (Å²) in [6.45, 7) is 0.435. The van der Waals surface area contributed by atoms with Gasteiger partial charge in [0.05, 0.1) is 23.8 Å². The van der Waals surface area contributed by atoms with Gasteiger partial charge in [0.1, 0.15) is 0 Å². The van der Waals surface area contributed by atoms with Crippen molar-refractivity contribution in [1.82, 2.24) is 0 Å². The van der Waals surface area contributed by atoms with Crippen molar-refractivity contribution in [3.63, 3.8) is 0 Å². The molecule has 0 unspecified atom stereocenters. The van der Waals surface area contributed by atoms with E-state index in [-0.39, 0.29) is 22.7 Å². The number of benzene rings is 1. The van der Waals surface area contributed by atoms with Gasteiger partial charge in [-0.15, -0.1) is 0 Å². The molecular formula is C14H20FN3O3. The lowest BCUT2D eigenvalue weighted by Crippen LogP contribution is -2.47. The van der Waals surface area contributed by atoms with E-state index >= 15 is 0 Å². The molecule has 116 valence electrons. The Bertz CT molecular complexity index is 530. The van der Waals surface area contributed by atoms with Gasteiger partial charge >= 0.3 is 5.69 Å². The molecule has 1 aromatic rings. The fourth-order valence-electron chi connectivity index (χ4n) is 2.69. The topological polar surface area (TPSA) is 90.4 Å². The molecule has 7 heteroatoms. The Morgan fingerprint density at radius 2 is 2.10 bits per heavy atom. The van der Waals surface area contributed by atoms with Crippen molar-refractivity contribution in [2.45, 2.75) is 37.6 Å². The van der Waals surface area contributed by atoms with E-state index in [2.05, 4.69) is 5.32 Å². The number of ether oxygens (including phenoxy) is 1. The number of anilines is 1. The molecule has 0 atom stereocenters. The lowest BCUT2D eigenvalue weighted by Gasteiger charge is -2.33. The number of nitrogens with zero attached hydrogens (tertiary/aromatic N) is 1.